The minimum absolute atomic E-state index is 0.0856. The molecular weight excluding hydrogens is 318 g/mol. The highest BCUT2D eigenvalue weighted by atomic mass is 32.1. The van der Waals surface area contributed by atoms with E-state index < -0.39 is 0 Å². The summed E-state index contributed by atoms with van der Waals surface area (Å²) in [6, 6.07) is 12.1. The summed E-state index contributed by atoms with van der Waals surface area (Å²) >= 11 is 1.63. The van der Waals surface area contributed by atoms with E-state index in [1.807, 2.05) is 49.1 Å². The molecule has 0 aliphatic carbocycles. The van der Waals surface area contributed by atoms with Crippen molar-refractivity contribution in [3.63, 3.8) is 0 Å². The van der Waals surface area contributed by atoms with Gasteiger partial charge in [-0.2, -0.15) is 5.10 Å². The van der Waals surface area contributed by atoms with Crippen LogP contribution in [0.4, 0.5) is 0 Å². The Morgan fingerprint density at radius 1 is 1.17 bits per heavy atom. The fourth-order valence-corrected chi connectivity index (χ4v) is 3.37. The van der Waals surface area contributed by atoms with Crippen molar-refractivity contribution in [2.24, 2.45) is 5.73 Å². The number of hydrogen-bond donors (Lipinski definition) is 1. The van der Waals surface area contributed by atoms with Crippen LogP contribution in [0.3, 0.4) is 0 Å². The highest BCUT2D eigenvalue weighted by molar-refractivity contribution is 7.14. The van der Waals surface area contributed by atoms with Gasteiger partial charge in [-0.25, -0.2) is 9.67 Å². The van der Waals surface area contributed by atoms with Crippen molar-refractivity contribution in [2.45, 2.75) is 19.9 Å². The summed E-state index contributed by atoms with van der Waals surface area (Å²) in [6.45, 7) is 3.98. The third-order valence-electron chi connectivity index (χ3n) is 3.89. The molecule has 5 nitrogen and oxygen atoms in total. The maximum absolute atomic E-state index is 5.95. The van der Waals surface area contributed by atoms with Gasteiger partial charge in [0, 0.05) is 28.1 Å². The van der Waals surface area contributed by atoms with Crippen molar-refractivity contribution in [3.8, 4) is 16.4 Å². The molecule has 0 aliphatic rings. The van der Waals surface area contributed by atoms with E-state index in [2.05, 4.69) is 33.3 Å². The van der Waals surface area contributed by atoms with Gasteiger partial charge in [-0.15, -0.1) is 11.3 Å². The molecule has 0 aliphatic heterocycles. The molecule has 6 heteroatoms. The first-order chi connectivity index (χ1) is 11.6. The predicted molar refractivity (Wildman–Crippen MR) is 97.3 cm³/mol. The van der Waals surface area contributed by atoms with Crippen molar-refractivity contribution in [1.82, 2.24) is 19.7 Å². The standard InChI is InChI=1S/C18H17N5S/c1-11-9-20-18(24-11)23-17-8-13(6-7-14(17)10-21-23)16-5-3-4-15(22-16)12(2)19/h3-10,12H,19H2,1-2H3. The topological polar surface area (TPSA) is 69.6 Å². The lowest BCUT2D eigenvalue weighted by molar-refractivity contribution is 0.782. The van der Waals surface area contributed by atoms with Crippen LogP contribution in [0.2, 0.25) is 0 Å². The molecule has 3 aromatic heterocycles. The molecule has 0 spiro atoms. The first kappa shape index (κ1) is 15.0. The maximum Gasteiger partial charge on any atom is 0.211 e. The van der Waals surface area contributed by atoms with E-state index in [-0.39, 0.29) is 6.04 Å². The van der Waals surface area contributed by atoms with Gasteiger partial charge in [0.15, 0.2) is 0 Å². The molecule has 4 rings (SSSR count). The smallest absolute Gasteiger partial charge is 0.211 e. The SMILES string of the molecule is Cc1cnc(-n2ncc3ccc(-c4cccc(C(C)N)n4)cc32)s1. The zero-order chi connectivity index (χ0) is 16.7. The van der Waals surface area contributed by atoms with Gasteiger partial charge >= 0.3 is 0 Å². The van der Waals surface area contributed by atoms with Crippen molar-refractivity contribution in [2.75, 3.05) is 0 Å². The molecule has 0 saturated carbocycles. The van der Waals surface area contributed by atoms with Crippen LogP contribution in [0, 0.1) is 6.92 Å². The minimum Gasteiger partial charge on any atom is -0.323 e. The summed E-state index contributed by atoms with van der Waals surface area (Å²) < 4.78 is 1.88. The molecular formula is C18H17N5S. The van der Waals surface area contributed by atoms with Crippen LogP contribution in [0.5, 0.6) is 0 Å². The van der Waals surface area contributed by atoms with E-state index in [9.17, 15) is 0 Å². The highest BCUT2D eigenvalue weighted by Gasteiger charge is 2.11. The van der Waals surface area contributed by atoms with Gasteiger partial charge in [0.05, 0.1) is 23.1 Å². The maximum atomic E-state index is 5.95. The van der Waals surface area contributed by atoms with Crippen molar-refractivity contribution in [1.29, 1.82) is 0 Å². The van der Waals surface area contributed by atoms with E-state index in [1.54, 1.807) is 11.3 Å². The molecule has 3 heterocycles. The monoisotopic (exact) mass is 335 g/mol. The molecule has 2 N–H and O–H groups in total. The number of thiazole rings is 1. The molecule has 0 radical (unpaired) electrons. The Morgan fingerprint density at radius 3 is 2.79 bits per heavy atom. The van der Waals surface area contributed by atoms with Crippen LogP contribution in [-0.4, -0.2) is 19.7 Å². The summed E-state index contributed by atoms with van der Waals surface area (Å²) in [7, 11) is 0. The first-order valence-corrected chi connectivity index (χ1v) is 8.57. The molecule has 0 amide bonds. The third kappa shape index (κ3) is 2.60. The number of aromatic nitrogens is 4. The normalized spacial score (nSPS) is 12.6. The molecule has 0 saturated heterocycles. The quantitative estimate of drug-likeness (QED) is 0.617. The Balaban J connectivity index is 1.85. The zero-order valence-corrected chi connectivity index (χ0v) is 14.3. The molecule has 1 atom stereocenters. The molecule has 4 aromatic rings. The number of rotatable bonds is 3. The summed E-state index contributed by atoms with van der Waals surface area (Å²) in [5.41, 5.74) is 9.82. The number of hydrogen-bond acceptors (Lipinski definition) is 5. The molecule has 0 fully saturated rings. The van der Waals surface area contributed by atoms with E-state index in [1.165, 1.54) is 0 Å². The Morgan fingerprint density at radius 2 is 2.04 bits per heavy atom. The number of pyridine rings is 1. The van der Waals surface area contributed by atoms with Crippen LogP contribution in [-0.2, 0) is 0 Å². The van der Waals surface area contributed by atoms with Crippen LogP contribution in [0.1, 0.15) is 23.5 Å². The number of benzene rings is 1. The Bertz CT molecular complexity index is 1020. The molecule has 1 unspecified atom stereocenters. The third-order valence-corrected chi connectivity index (χ3v) is 4.78. The molecule has 24 heavy (non-hydrogen) atoms. The molecule has 120 valence electrons. The summed E-state index contributed by atoms with van der Waals surface area (Å²) in [5, 5.41) is 6.43. The number of aryl methyl sites for hydroxylation is 1. The Kier molecular flexibility index (Phi) is 3.63. The largest absolute Gasteiger partial charge is 0.323 e. The number of fused-ring (bicyclic) bond motifs is 1. The second-order valence-corrected chi connectivity index (χ2v) is 7.03. The van der Waals surface area contributed by atoms with E-state index in [4.69, 9.17) is 5.73 Å². The number of nitrogens with two attached hydrogens (primary N) is 1. The van der Waals surface area contributed by atoms with Gasteiger partial charge in [0.25, 0.3) is 0 Å². The lowest BCUT2D eigenvalue weighted by Gasteiger charge is -2.08. The Labute approximate surface area is 143 Å². The van der Waals surface area contributed by atoms with Gasteiger partial charge < -0.3 is 5.73 Å². The average Bonchev–Trinajstić information content (AvgIpc) is 3.20. The summed E-state index contributed by atoms with van der Waals surface area (Å²) in [4.78, 5) is 10.3. The summed E-state index contributed by atoms with van der Waals surface area (Å²) in [6.07, 6.45) is 3.73. The molecule has 1 aromatic carbocycles. The van der Waals surface area contributed by atoms with Gasteiger partial charge in [-0.3, -0.25) is 4.98 Å². The van der Waals surface area contributed by atoms with Crippen molar-refractivity contribution >= 4 is 22.2 Å². The van der Waals surface area contributed by atoms with Gasteiger partial charge in [-0.1, -0.05) is 18.2 Å². The van der Waals surface area contributed by atoms with Gasteiger partial charge in [-0.05, 0) is 32.0 Å². The van der Waals surface area contributed by atoms with E-state index in [0.29, 0.717) is 0 Å². The lowest BCUT2D eigenvalue weighted by Crippen LogP contribution is -2.07. The lowest BCUT2D eigenvalue weighted by atomic mass is 10.1. The fourth-order valence-electron chi connectivity index (χ4n) is 2.64. The van der Waals surface area contributed by atoms with E-state index >= 15 is 0 Å². The average molecular weight is 335 g/mol. The fraction of sp³-hybridized carbons (Fsp3) is 0.167. The molecule has 0 bridgehead atoms. The highest BCUT2D eigenvalue weighted by Crippen LogP contribution is 2.27. The zero-order valence-electron chi connectivity index (χ0n) is 13.5. The van der Waals surface area contributed by atoms with Crippen LogP contribution in [0.15, 0.2) is 48.8 Å². The van der Waals surface area contributed by atoms with Crippen molar-refractivity contribution < 1.29 is 0 Å². The second-order valence-electron chi connectivity index (χ2n) is 5.82. The van der Waals surface area contributed by atoms with Crippen LogP contribution >= 0.6 is 11.3 Å². The summed E-state index contributed by atoms with van der Waals surface area (Å²) in [5.74, 6) is 0. The Hall–Kier alpha value is -2.57. The van der Waals surface area contributed by atoms with E-state index in [0.717, 1.165) is 37.9 Å². The van der Waals surface area contributed by atoms with Gasteiger partial charge in [0.2, 0.25) is 5.13 Å². The predicted octanol–water partition coefficient (Wildman–Crippen LogP) is 3.87. The first-order valence-electron chi connectivity index (χ1n) is 7.75. The number of nitrogens with zero attached hydrogens (tertiary/aromatic N) is 4. The van der Waals surface area contributed by atoms with Crippen LogP contribution in [0.25, 0.3) is 27.3 Å². The van der Waals surface area contributed by atoms with Crippen molar-refractivity contribution in [3.05, 3.63) is 59.4 Å². The van der Waals surface area contributed by atoms with Crippen LogP contribution < -0.4 is 5.73 Å². The van der Waals surface area contributed by atoms with Gasteiger partial charge in [0.1, 0.15) is 0 Å². The minimum atomic E-state index is -0.0856. The second kappa shape index (κ2) is 5.81.